The molecule has 1 amide bonds. The second-order valence-electron chi connectivity index (χ2n) is 6.09. The minimum atomic E-state index is -0.330. The molecule has 0 aliphatic heterocycles. The van der Waals surface area contributed by atoms with Crippen LogP contribution >= 0.6 is 0 Å². The Kier molecular flexibility index (Phi) is 5.28. The van der Waals surface area contributed by atoms with Crippen LogP contribution < -0.4 is 14.8 Å². The molecule has 0 radical (unpaired) electrons. The van der Waals surface area contributed by atoms with E-state index >= 15 is 0 Å². The predicted molar refractivity (Wildman–Crippen MR) is 102 cm³/mol. The number of hydrogen-bond donors (Lipinski definition) is 1. The Balaban J connectivity index is 1.27. The van der Waals surface area contributed by atoms with E-state index in [1.54, 1.807) is 48.5 Å². The normalized spacial score (nSPS) is 10.7. The summed E-state index contributed by atoms with van der Waals surface area (Å²) in [5.41, 5.74) is 1.92. The first-order valence-electron chi connectivity index (χ1n) is 8.73. The third-order valence-electron chi connectivity index (χ3n) is 3.92. The number of nitrogens with one attached hydrogen (secondary N) is 1. The van der Waals surface area contributed by atoms with E-state index in [4.69, 9.17) is 9.47 Å². The lowest BCUT2D eigenvalue weighted by Crippen LogP contribution is -2.20. The summed E-state index contributed by atoms with van der Waals surface area (Å²) in [4.78, 5) is 12.1. The van der Waals surface area contributed by atoms with Gasteiger partial charge in [-0.15, -0.1) is 15.3 Å². The van der Waals surface area contributed by atoms with E-state index in [1.165, 1.54) is 23.0 Å². The van der Waals surface area contributed by atoms with Crippen LogP contribution in [0, 0.1) is 5.82 Å². The number of aromatic nitrogens is 4. The maximum atomic E-state index is 13.2. The number of rotatable bonds is 7. The number of hydrogen-bond acceptors (Lipinski definition) is 6. The summed E-state index contributed by atoms with van der Waals surface area (Å²) >= 11 is 0. The first-order chi connectivity index (χ1) is 14.2. The van der Waals surface area contributed by atoms with Gasteiger partial charge in [0.05, 0.1) is 0 Å². The summed E-state index contributed by atoms with van der Waals surface area (Å²) in [6.45, 7) is 0.0551. The third-order valence-corrected chi connectivity index (χ3v) is 3.92. The van der Waals surface area contributed by atoms with Crippen LogP contribution in [-0.4, -0.2) is 32.3 Å². The van der Waals surface area contributed by atoms with Gasteiger partial charge in [0.15, 0.2) is 12.3 Å². The highest BCUT2D eigenvalue weighted by atomic mass is 19.1. The molecule has 4 rings (SSSR count). The van der Waals surface area contributed by atoms with Crippen LogP contribution in [0.1, 0.15) is 5.56 Å². The molecule has 2 aromatic carbocycles. The molecule has 29 heavy (non-hydrogen) atoms. The Morgan fingerprint density at radius 2 is 1.93 bits per heavy atom. The quantitative estimate of drug-likeness (QED) is 0.519. The van der Waals surface area contributed by atoms with Crippen molar-refractivity contribution >= 4 is 17.2 Å². The fraction of sp³-hybridized carbons (Fsp3) is 0.100. The summed E-state index contributed by atoms with van der Waals surface area (Å²) in [6.07, 6.45) is 1.44. The number of halogens is 1. The Labute approximate surface area is 164 Å². The molecule has 4 aromatic rings. The van der Waals surface area contributed by atoms with E-state index < -0.39 is 0 Å². The fourth-order valence-electron chi connectivity index (χ4n) is 2.55. The predicted octanol–water partition coefficient (Wildman–Crippen LogP) is 2.86. The van der Waals surface area contributed by atoms with Crippen LogP contribution in [0.3, 0.4) is 0 Å². The van der Waals surface area contributed by atoms with E-state index in [1.807, 2.05) is 0 Å². The second kappa shape index (κ2) is 8.34. The van der Waals surface area contributed by atoms with Crippen LogP contribution in [0.2, 0.25) is 0 Å². The van der Waals surface area contributed by atoms with Gasteiger partial charge in [-0.25, -0.2) is 4.39 Å². The number of amides is 1. The van der Waals surface area contributed by atoms with Gasteiger partial charge < -0.3 is 14.8 Å². The molecular formula is C20H16FN5O3. The van der Waals surface area contributed by atoms with E-state index in [-0.39, 0.29) is 30.8 Å². The van der Waals surface area contributed by atoms with Gasteiger partial charge in [0.1, 0.15) is 24.5 Å². The molecule has 1 N–H and O–H groups in total. The maximum Gasteiger partial charge on any atom is 0.262 e. The largest absolute Gasteiger partial charge is 0.489 e. The fourth-order valence-corrected chi connectivity index (χ4v) is 2.55. The van der Waals surface area contributed by atoms with Crippen molar-refractivity contribution in [3.05, 3.63) is 78.4 Å². The molecular weight excluding hydrogens is 377 g/mol. The lowest BCUT2D eigenvalue weighted by Gasteiger charge is -2.09. The first-order valence-corrected chi connectivity index (χ1v) is 8.73. The minimum absolute atomic E-state index is 0.196. The number of carbonyl (C=O) groups excluding carboxylic acids is 1. The SMILES string of the molecule is O=C(COc1ccc2nncn2n1)Nc1ccc(OCc2cccc(F)c2)cc1. The number of anilines is 1. The van der Waals surface area contributed by atoms with E-state index in [2.05, 4.69) is 20.6 Å². The number of ether oxygens (including phenoxy) is 2. The topological polar surface area (TPSA) is 90.6 Å². The molecule has 2 heterocycles. The van der Waals surface area contributed by atoms with Crippen molar-refractivity contribution in [2.45, 2.75) is 6.61 Å². The van der Waals surface area contributed by atoms with Gasteiger partial charge in [-0.05, 0) is 48.0 Å². The molecule has 0 bridgehead atoms. The van der Waals surface area contributed by atoms with Crippen LogP contribution in [0.15, 0.2) is 67.0 Å². The van der Waals surface area contributed by atoms with E-state index in [0.29, 0.717) is 17.1 Å². The van der Waals surface area contributed by atoms with Gasteiger partial charge in [-0.2, -0.15) is 4.52 Å². The van der Waals surface area contributed by atoms with Crippen molar-refractivity contribution in [1.29, 1.82) is 0 Å². The molecule has 2 aromatic heterocycles. The molecule has 0 aliphatic rings. The van der Waals surface area contributed by atoms with Gasteiger partial charge in [-0.3, -0.25) is 4.79 Å². The Bertz CT molecular complexity index is 1130. The van der Waals surface area contributed by atoms with Gasteiger partial charge in [0, 0.05) is 11.8 Å². The highest BCUT2D eigenvalue weighted by Crippen LogP contribution is 2.17. The van der Waals surface area contributed by atoms with Crippen molar-refractivity contribution in [1.82, 2.24) is 19.8 Å². The van der Waals surface area contributed by atoms with Crippen molar-refractivity contribution in [3.8, 4) is 11.6 Å². The molecule has 0 fully saturated rings. The van der Waals surface area contributed by atoms with Crippen LogP contribution in [0.4, 0.5) is 10.1 Å². The number of carbonyl (C=O) groups is 1. The summed E-state index contributed by atoms with van der Waals surface area (Å²) in [7, 11) is 0. The van der Waals surface area contributed by atoms with Crippen LogP contribution in [-0.2, 0) is 11.4 Å². The third kappa shape index (κ3) is 4.83. The van der Waals surface area contributed by atoms with Gasteiger partial charge in [0.2, 0.25) is 5.88 Å². The highest BCUT2D eigenvalue weighted by molar-refractivity contribution is 5.91. The summed E-state index contributed by atoms with van der Waals surface area (Å²) in [6, 6.07) is 16.4. The summed E-state index contributed by atoms with van der Waals surface area (Å²) < 4.78 is 25.6. The molecule has 8 nitrogen and oxygen atoms in total. The van der Waals surface area contributed by atoms with Crippen molar-refractivity contribution in [2.24, 2.45) is 0 Å². The number of benzene rings is 2. The maximum absolute atomic E-state index is 13.2. The first kappa shape index (κ1) is 18.4. The monoisotopic (exact) mass is 393 g/mol. The van der Waals surface area contributed by atoms with Gasteiger partial charge >= 0.3 is 0 Å². The van der Waals surface area contributed by atoms with Crippen LogP contribution in [0.25, 0.3) is 5.65 Å². The Morgan fingerprint density at radius 1 is 1.07 bits per heavy atom. The average Bonchev–Trinajstić information content (AvgIpc) is 3.20. The summed E-state index contributed by atoms with van der Waals surface area (Å²) in [5, 5.41) is 14.4. The molecule has 146 valence electrons. The lowest BCUT2D eigenvalue weighted by molar-refractivity contribution is -0.118. The van der Waals surface area contributed by atoms with Gasteiger partial charge in [-0.1, -0.05) is 12.1 Å². The molecule has 0 atom stereocenters. The second-order valence-corrected chi connectivity index (χ2v) is 6.09. The minimum Gasteiger partial charge on any atom is -0.489 e. The smallest absolute Gasteiger partial charge is 0.262 e. The lowest BCUT2D eigenvalue weighted by atomic mass is 10.2. The van der Waals surface area contributed by atoms with Gasteiger partial charge in [0.25, 0.3) is 5.91 Å². The molecule has 0 saturated heterocycles. The zero-order chi connectivity index (χ0) is 20.1. The Hall–Kier alpha value is -4.01. The van der Waals surface area contributed by atoms with Crippen molar-refractivity contribution in [2.75, 3.05) is 11.9 Å². The Morgan fingerprint density at radius 3 is 2.76 bits per heavy atom. The zero-order valence-electron chi connectivity index (χ0n) is 15.2. The van der Waals surface area contributed by atoms with Crippen molar-refractivity contribution in [3.63, 3.8) is 0 Å². The zero-order valence-corrected chi connectivity index (χ0v) is 15.2. The highest BCUT2D eigenvalue weighted by Gasteiger charge is 2.06. The average molecular weight is 393 g/mol. The molecule has 0 aliphatic carbocycles. The molecule has 0 saturated carbocycles. The van der Waals surface area contributed by atoms with E-state index in [9.17, 15) is 9.18 Å². The molecule has 9 heteroatoms. The molecule has 0 unspecified atom stereocenters. The number of nitrogens with zero attached hydrogens (tertiary/aromatic N) is 4. The standard InChI is InChI=1S/C20H16FN5O3/c21-15-3-1-2-14(10-15)11-28-17-6-4-16(5-7-17)23-19(27)12-29-20-9-8-18-24-22-13-26(18)25-20/h1-10,13H,11-12H2,(H,23,27). The molecule has 0 spiro atoms. The van der Waals surface area contributed by atoms with E-state index in [0.717, 1.165) is 5.56 Å². The van der Waals surface area contributed by atoms with Crippen molar-refractivity contribution < 1.29 is 18.7 Å². The summed E-state index contributed by atoms with van der Waals surface area (Å²) in [5.74, 6) is 0.260. The number of fused-ring (bicyclic) bond motifs is 1. The van der Waals surface area contributed by atoms with Crippen LogP contribution in [0.5, 0.6) is 11.6 Å².